The van der Waals surface area contributed by atoms with Crippen molar-refractivity contribution >= 4 is 69.9 Å². The summed E-state index contributed by atoms with van der Waals surface area (Å²) < 4.78 is 13.5. The first kappa shape index (κ1) is 30.6. The van der Waals surface area contributed by atoms with E-state index in [1.165, 1.54) is 17.5 Å². The Bertz CT molecular complexity index is 1780. The van der Waals surface area contributed by atoms with E-state index in [1.807, 2.05) is 19.1 Å². The van der Waals surface area contributed by atoms with Crippen LogP contribution in [0.25, 0.3) is 21.1 Å². The first-order valence-electron chi connectivity index (χ1n) is 14.7. The maximum atomic E-state index is 13.0. The van der Waals surface area contributed by atoms with E-state index in [9.17, 15) is 9.59 Å². The number of hydrogen-bond donors (Lipinski definition) is 2. The minimum Gasteiger partial charge on any atom is -0.418 e. The number of hydrogen-bond acceptors (Lipinski definition) is 10. The molecule has 2 aliphatic rings. The lowest BCUT2D eigenvalue weighted by Crippen LogP contribution is -2.42. The van der Waals surface area contributed by atoms with E-state index in [4.69, 9.17) is 30.7 Å². The molecule has 2 N–H and O–H groups in total. The molecule has 6 rings (SSSR count). The Labute approximate surface area is 265 Å². The number of nitrogens with one attached hydrogen (secondary N) is 2. The summed E-state index contributed by atoms with van der Waals surface area (Å²) in [4.78, 5) is 46.0. The second-order valence-corrected chi connectivity index (χ2v) is 19.3. The average Bonchev–Trinajstić information content (AvgIpc) is 3.47. The van der Waals surface area contributed by atoms with Gasteiger partial charge in [0.05, 0.1) is 35.0 Å². The lowest BCUT2D eigenvalue weighted by atomic mass is 10.1. The molecule has 4 aromatic rings. The van der Waals surface area contributed by atoms with Crippen molar-refractivity contribution in [2.24, 2.45) is 5.92 Å². The summed E-state index contributed by atoms with van der Waals surface area (Å²) in [5, 5.41) is 7.40. The number of nitrogens with zero attached hydrogens (tertiary/aromatic N) is 5. The van der Waals surface area contributed by atoms with Gasteiger partial charge in [-0.1, -0.05) is 20.8 Å². The molecule has 2 aliphatic heterocycles. The number of amides is 2. The summed E-state index contributed by atoms with van der Waals surface area (Å²) in [6, 6.07) is 3.80. The van der Waals surface area contributed by atoms with Crippen molar-refractivity contribution in [3.05, 3.63) is 40.3 Å². The van der Waals surface area contributed by atoms with Crippen molar-refractivity contribution in [2.45, 2.75) is 64.8 Å². The number of fused-ring (bicyclic) bond motifs is 5. The number of thiophene rings is 1. The molecular formula is C30H36ClN7O4SSi. The van der Waals surface area contributed by atoms with Gasteiger partial charge in [-0.2, -0.15) is 4.98 Å². The highest BCUT2D eigenvalue weighted by atomic mass is 35.5. The van der Waals surface area contributed by atoms with Crippen LogP contribution in [0.1, 0.15) is 49.4 Å². The zero-order valence-corrected chi connectivity index (χ0v) is 28.2. The van der Waals surface area contributed by atoms with Gasteiger partial charge in [0.2, 0.25) is 23.0 Å². The molecule has 11 nitrogen and oxygen atoms in total. The largest absolute Gasteiger partial charge is 0.418 e. The molecule has 5 heterocycles. The normalized spacial score (nSPS) is 19.2. The van der Waals surface area contributed by atoms with E-state index in [1.54, 1.807) is 11.1 Å². The number of aromatic nitrogens is 4. The molecule has 232 valence electrons. The van der Waals surface area contributed by atoms with Gasteiger partial charge >= 0.3 is 0 Å². The molecule has 1 saturated heterocycles. The smallest absolute Gasteiger partial charge is 0.263 e. The Kier molecular flexibility index (Phi) is 8.01. The van der Waals surface area contributed by atoms with Crippen LogP contribution in [0.15, 0.2) is 24.5 Å². The van der Waals surface area contributed by atoms with Crippen molar-refractivity contribution in [2.75, 3.05) is 25.0 Å². The predicted octanol–water partition coefficient (Wildman–Crippen LogP) is 5.99. The molecule has 0 saturated carbocycles. The lowest BCUT2D eigenvalue weighted by molar-refractivity contribution is -0.128. The van der Waals surface area contributed by atoms with Gasteiger partial charge in [0, 0.05) is 54.4 Å². The van der Waals surface area contributed by atoms with E-state index in [0.29, 0.717) is 47.6 Å². The quantitative estimate of drug-likeness (QED) is 0.182. The maximum absolute atomic E-state index is 13.0. The molecule has 1 fully saturated rings. The van der Waals surface area contributed by atoms with Gasteiger partial charge in [-0.15, -0.1) is 11.3 Å². The number of likely N-dealkylation sites (tertiary alicyclic amines) is 1. The van der Waals surface area contributed by atoms with E-state index < -0.39 is 8.32 Å². The van der Waals surface area contributed by atoms with Crippen LogP contribution in [0, 0.1) is 5.92 Å². The summed E-state index contributed by atoms with van der Waals surface area (Å²) in [5.41, 5.74) is 2.65. The highest BCUT2D eigenvalue weighted by Gasteiger charge is 2.39. The zero-order valence-electron chi connectivity index (χ0n) is 25.7. The van der Waals surface area contributed by atoms with Gasteiger partial charge in [-0.3, -0.25) is 9.59 Å². The first-order valence-corrected chi connectivity index (χ1v) is 18.8. The molecule has 2 atom stereocenters. The molecule has 1 unspecified atom stereocenters. The summed E-state index contributed by atoms with van der Waals surface area (Å²) >= 11 is 7.58. The lowest BCUT2D eigenvalue weighted by Gasteiger charge is -2.36. The van der Waals surface area contributed by atoms with Crippen LogP contribution in [0.5, 0.6) is 11.8 Å². The molecule has 14 heteroatoms. The number of ether oxygens (including phenoxy) is 1. The number of anilines is 1. The van der Waals surface area contributed by atoms with Crippen LogP contribution in [-0.4, -0.2) is 70.7 Å². The topological polar surface area (TPSA) is 131 Å². The Morgan fingerprint density at radius 2 is 1.95 bits per heavy atom. The second kappa shape index (κ2) is 11.5. The Morgan fingerprint density at radius 1 is 1.16 bits per heavy atom. The van der Waals surface area contributed by atoms with Crippen LogP contribution in [0.3, 0.4) is 0 Å². The van der Waals surface area contributed by atoms with Gasteiger partial charge in [-0.25, -0.2) is 15.0 Å². The Morgan fingerprint density at radius 3 is 2.73 bits per heavy atom. The number of halogens is 1. The second-order valence-electron chi connectivity index (χ2n) is 13.1. The van der Waals surface area contributed by atoms with Crippen LogP contribution < -0.4 is 15.4 Å². The average molecular weight is 654 g/mol. The molecular weight excluding hydrogens is 618 g/mol. The van der Waals surface area contributed by atoms with Crippen molar-refractivity contribution in [1.82, 2.24) is 30.2 Å². The molecule has 0 bridgehead atoms. The number of carbonyl (C=O) groups is 2. The molecule has 0 radical (unpaired) electrons. The summed E-state index contributed by atoms with van der Waals surface area (Å²) in [6.07, 6.45) is 3.54. The molecule has 2 amide bonds. The Balaban J connectivity index is 1.22. The zero-order chi connectivity index (χ0) is 31.4. The molecule has 0 aliphatic carbocycles. The van der Waals surface area contributed by atoms with Gasteiger partial charge in [0.1, 0.15) is 4.88 Å². The van der Waals surface area contributed by atoms with E-state index >= 15 is 0 Å². The van der Waals surface area contributed by atoms with Crippen molar-refractivity contribution in [3.8, 4) is 11.8 Å². The third kappa shape index (κ3) is 5.97. The van der Waals surface area contributed by atoms with E-state index in [-0.39, 0.29) is 52.4 Å². The van der Waals surface area contributed by atoms with Crippen molar-refractivity contribution in [3.63, 3.8) is 0 Å². The van der Waals surface area contributed by atoms with Gasteiger partial charge in [-0.05, 0) is 48.8 Å². The SMILES string of the molecule is C[C@@H]1CNc2c(sc3ccc4nc(Oc5nc(Cl)ncc5CN5CC(CO[Si](C)(C)C(C)(C)C)CC5=O)cnc4c23)C(=O)N1. The Hall–Kier alpha value is -3.39. The van der Waals surface area contributed by atoms with Crippen molar-refractivity contribution < 1.29 is 18.8 Å². The highest BCUT2D eigenvalue weighted by molar-refractivity contribution is 7.21. The highest BCUT2D eigenvalue weighted by Crippen LogP contribution is 2.41. The van der Waals surface area contributed by atoms with Gasteiger partial charge in [0.25, 0.3) is 5.91 Å². The maximum Gasteiger partial charge on any atom is 0.263 e. The summed E-state index contributed by atoms with van der Waals surface area (Å²) in [5.74, 6) is 0.509. The van der Waals surface area contributed by atoms with Crippen LogP contribution in [0.4, 0.5) is 5.69 Å². The third-order valence-corrected chi connectivity index (χ3v) is 14.5. The van der Waals surface area contributed by atoms with Gasteiger partial charge < -0.3 is 24.7 Å². The number of benzene rings is 1. The monoisotopic (exact) mass is 653 g/mol. The number of rotatable bonds is 7. The standard InChI is InChI=1S/C30H36ClN7O4SSi/c1-16-10-32-25-23-20(43-26(25)27(40)35-16)8-7-19-24(23)33-12-21(36-19)42-28-18(11-34-29(31)37-28)14-38-13-17(9-22(38)39)15-41-44(5,6)30(2,3)4/h7-8,11-12,16-17,32H,9-10,13-15H2,1-6H3,(H,35,40)/t16-,17?/m1/s1. The molecule has 0 spiro atoms. The minimum atomic E-state index is -1.91. The summed E-state index contributed by atoms with van der Waals surface area (Å²) in [6.45, 7) is 15.1. The van der Waals surface area contributed by atoms with Crippen molar-refractivity contribution in [1.29, 1.82) is 0 Å². The minimum absolute atomic E-state index is 0.00412. The first-order chi connectivity index (χ1) is 20.8. The molecule has 44 heavy (non-hydrogen) atoms. The van der Waals surface area contributed by atoms with E-state index in [0.717, 1.165) is 15.8 Å². The fourth-order valence-electron chi connectivity index (χ4n) is 5.16. The van der Waals surface area contributed by atoms with Crippen LogP contribution >= 0.6 is 22.9 Å². The molecule has 1 aromatic carbocycles. The fourth-order valence-corrected chi connectivity index (χ4v) is 7.45. The predicted molar refractivity (Wildman–Crippen MR) is 174 cm³/mol. The van der Waals surface area contributed by atoms with E-state index in [2.05, 4.69) is 54.5 Å². The van der Waals surface area contributed by atoms with Gasteiger partial charge in [0.15, 0.2) is 8.32 Å². The fraction of sp³-hybridized carbons (Fsp3) is 0.467. The third-order valence-electron chi connectivity index (χ3n) is 8.65. The van der Waals surface area contributed by atoms with Crippen LogP contribution in [-0.2, 0) is 15.8 Å². The van der Waals surface area contributed by atoms with Crippen LogP contribution in [0.2, 0.25) is 23.4 Å². The summed E-state index contributed by atoms with van der Waals surface area (Å²) in [7, 11) is -1.91. The number of carbonyl (C=O) groups excluding carboxylic acids is 2. The molecule has 3 aromatic heterocycles.